The molecular formula is C8H17N3. The van der Waals surface area contributed by atoms with Gasteiger partial charge in [-0.2, -0.15) is 0 Å². The highest BCUT2D eigenvalue weighted by molar-refractivity contribution is 5.06. The number of hydrogen-bond acceptors (Lipinski definition) is 3. The summed E-state index contributed by atoms with van der Waals surface area (Å²) in [4.78, 5) is 0. The minimum absolute atomic E-state index is 0.423. The van der Waals surface area contributed by atoms with Crippen LogP contribution in [0.4, 0.5) is 0 Å². The van der Waals surface area contributed by atoms with Crippen LogP contribution in [0.25, 0.3) is 0 Å². The van der Waals surface area contributed by atoms with Crippen molar-refractivity contribution in [1.82, 2.24) is 5.43 Å². The van der Waals surface area contributed by atoms with Crippen molar-refractivity contribution in [2.45, 2.75) is 32.2 Å². The lowest BCUT2D eigenvalue weighted by Gasteiger charge is -2.28. The van der Waals surface area contributed by atoms with E-state index in [1.165, 1.54) is 0 Å². The minimum Gasteiger partial charge on any atom is -0.402 e. The van der Waals surface area contributed by atoms with E-state index in [9.17, 15) is 0 Å². The molecule has 1 rings (SSSR count). The predicted molar refractivity (Wildman–Crippen MR) is 46.4 cm³/mol. The second-order valence-corrected chi connectivity index (χ2v) is 3.16. The van der Waals surface area contributed by atoms with E-state index in [0.29, 0.717) is 12.0 Å². The van der Waals surface area contributed by atoms with E-state index in [1.54, 1.807) is 0 Å². The Morgan fingerprint density at radius 3 is 3.00 bits per heavy atom. The summed E-state index contributed by atoms with van der Waals surface area (Å²) >= 11 is 0. The summed E-state index contributed by atoms with van der Waals surface area (Å²) in [5.74, 6) is 6.01. The van der Waals surface area contributed by atoms with Gasteiger partial charge in [-0.25, -0.2) is 0 Å². The van der Waals surface area contributed by atoms with Crippen LogP contribution in [0.3, 0.4) is 0 Å². The third-order valence-corrected chi connectivity index (χ3v) is 2.44. The van der Waals surface area contributed by atoms with Gasteiger partial charge in [0.2, 0.25) is 0 Å². The van der Waals surface area contributed by atoms with Crippen molar-refractivity contribution in [3.63, 3.8) is 0 Å². The molecule has 0 aromatic rings. The molecule has 0 spiro atoms. The quantitative estimate of drug-likeness (QED) is 0.401. The first-order valence-corrected chi connectivity index (χ1v) is 4.18. The number of hydrogen-bond donors (Lipinski definition) is 3. The smallest absolute Gasteiger partial charge is 0.0277 e. The van der Waals surface area contributed by atoms with Gasteiger partial charge in [0.15, 0.2) is 0 Å². The van der Waals surface area contributed by atoms with Gasteiger partial charge in [0.25, 0.3) is 0 Å². The van der Waals surface area contributed by atoms with Crippen molar-refractivity contribution in [1.29, 1.82) is 0 Å². The van der Waals surface area contributed by atoms with Crippen LogP contribution in [0.5, 0.6) is 0 Å². The Hall–Kier alpha value is -0.540. The summed E-state index contributed by atoms with van der Waals surface area (Å²) in [5, 5.41) is 0. The zero-order valence-corrected chi connectivity index (χ0v) is 7.01. The average molecular weight is 155 g/mol. The fraction of sp³-hybridized carbons (Fsp3) is 0.750. The fourth-order valence-corrected chi connectivity index (χ4v) is 1.63. The SMILES string of the molecule is CCC1CC(N)=CCC1NN. The largest absolute Gasteiger partial charge is 0.402 e. The molecule has 5 N–H and O–H groups in total. The third kappa shape index (κ3) is 1.94. The maximum absolute atomic E-state index is 5.71. The molecule has 0 fully saturated rings. The molecule has 0 aromatic heterocycles. The number of nitrogens with one attached hydrogen (secondary N) is 1. The molecule has 0 radical (unpaired) electrons. The average Bonchev–Trinajstić information content (AvgIpc) is 2.04. The highest BCUT2D eigenvalue weighted by Gasteiger charge is 2.21. The molecule has 0 amide bonds. The van der Waals surface area contributed by atoms with Crippen LogP contribution in [0, 0.1) is 5.92 Å². The van der Waals surface area contributed by atoms with Crippen molar-refractivity contribution >= 4 is 0 Å². The van der Waals surface area contributed by atoms with Crippen molar-refractivity contribution < 1.29 is 0 Å². The molecule has 2 unspecified atom stereocenters. The Kier molecular flexibility index (Phi) is 2.91. The Morgan fingerprint density at radius 1 is 1.73 bits per heavy atom. The molecular weight excluding hydrogens is 138 g/mol. The lowest BCUT2D eigenvalue weighted by atomic mass is 9.86. The summed E-state index contributed by atoms with van der Waals surface area (Å²) in [7, 11) is 0. The zero-order chi connectivity index (χ0) is 8.27. The molecule has 1 aliphatic rings. The molecule has 3 nitrogen and oxygen atoms in total. The Morgan fingerprint density at radius 2 is 2.45 bits per heavy atom. The first-order valence-electron chi connectivity index (χ1n) is 4.18. The second-order valence-electron chi connectivity index (χ2n) is 3.16. The van der Waals surface area contributed by atoms with Crippen LogP contribution in [0.2, 0.25) is 0 Å². The maximum Gasteiger partial charge on any atom is 0.0277 e. The highest BCUT2D eigenvalue weighted by atomic mass is 15.2. The van der Waals surface area contributed by atoms with E-state index in [0.717, 1.165) is 25.0 Å². The molecule has 64 valence electrons. The van der Waals surface area contributed by atoms with E-state index >= 15 is 0 Å². The molecule has 0 aromatic carbocycles. The lowest BCUT2D eigenvalue weighted by molar-refractivity contribution is 0.330. The normalized spacial score (nSPS) is 31.6. The molecule has 0 bridgehead atoms. The summed E-state index contributed by atoms with van der Waals surface area (Å²) < 4.78 is 0. The molecule has 11 heavy (non-hydrogen) atoms. The Bertz CT molecular complexity index is 153. The molecule has 0 aliphatic heterocycles. The number of nitrogens with two attached hydrogens (primary N) is 2. The van der Waals surface area contributed by atoms with Gasteiger partial charge in [0.05, 0.1) is 0 Å². The minimum atomic E-state index is 0.423. The molecule has 0 saturated carbocycles. The Balaban J connectivity index is 2.55. The third-order valence-electron chi connectivity index (χ3n) is 2.44. The first kappa shape index (κ1) is 8.56. The summed E-state index contributed by atoms with van der Waals surface area (Å²) in [5.41, 5.74) is 9.55. The molecule has 0 heterocycles. The van der Waals surface area contributed by atoms with E-state index in [2.05, 4.69) is 18.4 Å². The van der Waals surface area contributed by atoms with Crippen LogP contribution in [0.1, 0.15) is 26.2 Å². The van der Waals surface area contributed by atoms with Gasteiger partial charge in [0, 0.05) is 11.7 Å². The predicted octanol–water partition coefficient (Wildman–Crippen LogP) is 0.481. The topological polar surface area (TPSA) is 64.1 Å². The summed E-state index contributed by atoms with van der Waals surface area (Å²) in [6.45, 7) is 2.17. The second kappa shape index (κ2) is 3.74. The van der Waals surface area contributed by atoms with Gasteiger partial charge in [-0.3, -0.25) is 11.3 Å². The van der Waals surface area contributed by atoms with Gasteiger partial charge < -0.3 is 5.73 Å². The van der Waals surface area contributed by atoms with Crippen molar-refractivity contribution in [2.24, 2.45) is 17.5 Å². The van der Waals surface area contributed by atoms with E-state index in [4.69, 9.17) is 11.6 Å². The number of hydrazine groups is 1. The van der Waals surface area contributed by atoms with Gasteiger partial charge >= 0.3 is 0 Å². The lowest BCUT2D eigenvalue weighted by Crippen LogP contribution is -2.42. The zero-order valence-electron chi connectivity index (χ0n) is 7.01. The van der Waals surface area contributed by atoms with Crippen molar-refractivity contribution in [3.8, 4) is 0 Å². The first-order chi connectivity index (χ1) is 5.27. The van der Waals surface area contributed by atoms with Gasteiger partial charge in [-0.1, -0.05) is 19.4 Å². The van der Waals surface area contributed by atoms with E-state index < -0.39 is 0 Å². The summed E-state index contributed by atoms with van der Waals surface area (Å²) in [6, 6.07) is 0.423. The molecule has 3 heteroatoms. The molecule has 1 aliphatic carbocycles. The number of rotatable bonds is 2. The van der Waals surface area contributed by atoms with E-state index in [1.807, 2.05) is 0 Å². The van der Waals surface area contributed by atoms with E-state index in [-0.39, 0.29) is 0 Å². The van der Waals surface area contributed by atoms with Crippen LogP contribution in [-0.4, -0.2) is 6.04 Å². The molecule has 2 atom stereocenters. The van der Waals surface area contributed by atoms with Crippen molar-refractivity contribution in [3.05, 3.63) is 11.8 Å². The maximum atomic E-state index is 5.71. The van der Waals surface area contributed by atoms with Crippen LogP contribution in [-0.2, 0) is 0 Å². The van der Waals surface area contributed by atoms with Gasteiger partial charge in [-0.15, -0.1) is 0 Å². The monoisotopic (exact) mass is 155 g/mol. The van der Waals surface area contributed by atoms with Crippen LogP contribution >= 0.6 is 0 Å². The molecule has 0 saturated heterocycles. The summed E-state index contributed by atoms with van der Waals surface area (Å²) in [6.07, 6.45) is 5.17. The van der Waals surface area contributed by atoms with Crippen molar-refractivity contribution in [2.75, 3.05) is 0 Å². The van der Waals surface area contributed by atoms with Crippen LogP contribution < -0.4 is 17.0 Å². The number of allylic oxidation sites excluding steroid dienone is 1. The highest BCUT2D eigenvalue weighted by Crippen LogP contribution is 2.23. The van der Waals surface area contributed by atoms with Gasteiger partial charge in [0.1, 0.15) is 0 Å². The van der Waals surface area contributed by atoms with Gasteiger partial charge in [-0.05, 0) is 18.8 Å². The fourth-order valence-electron chi connectivity index (χ4n) is 1.63. The van der Waals surface area contributed by atoms with Crippen LogP contribution in [0.15, 0.2) is 11.8 Å². The standard InChI is InChI=1S/C8H17N3/c1-2-6-5-7(9)3-4-8(6)11-10/h3,6,8,11H,2,4-5,9-10H2,1H3. The Labute approximate surface area is 67.8 Å².